The number of thiophene rings is 1. The quantitative estimate of drug-likeness (QED) is 0.205. The van der Waals surface area contributed by atoms with Crippen LogP contribution in [0.4, 0.5) is 0 Å². The minimum atomic E-state index is 0.886. The smallest absolute Gasteiger partial charge is 0.143 e. The molecule has 10 rings (SSSR count). The summed E-state index contributed by atoms with van der Waals surface area (Å²) in [4.78, 5) is 11.5. The highest BCUT2D eigenvalue weighted by molar-refractivity contribution is 7.25. The van der Waals surface area contributed by atoms with Gasteiger partial charge in [0.1, 0.15) is 21.5 Å². The Labute approximate surface area is 261 Å². The second-order valence-electron chi connectivity index (χ2n) is 11.4. The number of benzene rings is 6. The maximum atomic E-state index is 6.31. The number of furan rings is 1. The third kappa shape index (κ3) is 3.59. The Balaban J connectivity index is 1.22. The molecule has 0 amide bonds. The summed E-state index contributed by atoms with van der Waals surface area (Å²) < 4.78 is 9.88. The van der Waals surface area contributed by atoms with Crippen LogP contribution in [0.5, 0.6) is 0 Å². The van der Waals surface area contributed by atoms with E-state index in [4.69, 9.17) is 14.4 Å². The molecule has 4 heterocycles. The van der Waals surface area contributed by atoms with Gasteiger partial charge in [0.25, 0.3) is 0 Å². The minimum Gasteiger partial charge on any atom is -0.456 e. The first-order valence-corrected chi connectivity index (χ1v) is 15.8. The van der Waals surface area contributed by atoms with Gasteiger partial charge in [0, 0.05) is 43.1 Å². The Morgan fingerprint density at radius 3 is 2.07 bits per heavy atom. The average Bonchev–Trinajstić information content (AvgIpc) is 3.77. The van der Waals surface area contributed by atoms with Crippen LogP contribution in [0.3, 0.4) is 0 Å². The Kier molecular flexibility index (Phi) is 5.12. The highest BCUT2D eigenvalue weighted by Crippen LogP contribution is 2.42. The topological polar surface area (TPSA) is 43.9 Å². The highest BCUT2D eigenvalue weighted by Gasteiger charge is 2.20. The summed E-state index contributed by atoms with van der Waals surface area (Å²) in [5.41, 5.74) is 10.0. The zero-order chi connectivity index (χ0) is 29.5. The van der Waals surface area contributed by atoms with Crippen LogP contribution >= 0.6 is 11.3 Å². The first kappa shape index (κ1) is 24.6. The molecule has 4 aromatic heterocycles. The fraction of sp³-hybridized carbons (Fsp3) is 0. The molecule has 6 aromatic carbocycles. The van der Waals surface area contributed by atoms with Crippen LogP contribution in [0.25, 0.3) is 92.4 Å². The summed E-state index contributed by atoms with van der Waals surface area (Å²) >= 11 is 1.69. The number of fused-ring (bicyclic) bond motifs is 10. The van der Waals surface area contributed by atoms with Crippen molar-refractivity contribution >= 4 is 75.5 Å². The molecule has 0 bridgehead atoms. The Morgan fingerprint density at radius 2 is 1.20 bits per heavy atom. The molecule has 0 unspecified atom stereocenters. The van der Waals surface area contributed by atoms with Gasteiger partial charge in [-0.3, -0.25) is 0 Å². The Morgan fingerprint density at radius 1 is 0.511 bits per heavy atom. The van der Waals surface area contributed by atoms with E-state index in [0.29, 0.717) is 0 Å². The summed E-state index contributed by atoms with van der Waals surface area (Å²) in [5.74, 6) is 0. The maximum absolute atomic E-state index is 6.31. The molecule has 210 valence electrons. The fourth-order valence-corrected chi connectivity index (χ4v) is 7.84. The first-order chi connectivity index (χ1) is 22.3. The second-order valence-corrected chi connectivity index (χ2v) is 12.4. The van der Waals surface area contributed by atoms with Gasteiger partial charge in [0.2, 0.25) is 0 Å². The van der Waals surface area contributed by atoms with Gasteiger partial charge in [0.15, 0.2) is 0 Å². The van der Waals surface area contributed by atoms with Crippen molar-refractivity contribution in [3.05, 3.63) is 140 Å². The van der Waals surface area contributed by atoms with Crippen LogP contribution in [0.15, 0.2) is 144 Å². The van der Waals surface area contributed by atoms with Gasteiger partial charge in [-0.05, 0) is 42.5 Å². The number of hydrogen-bond donors (Lipinski definition) is 0. The van der Waals surface area contributed by atoms with E-state index in [9.17, 15) is 0 Å². The summed E-state index contributed by atoms with van der Waals surface area (Å²) in [7, 11) is 0. The van der Waals surface area contributed by atoms with Crippen molar-refractivity contribution in [1.82, 2.24) is 14.5 Å². The SMILES string of the molecule is c1ccc(-c2nc3c(nc2-c2ccc(-n4c5ccccc5c5ccc6oc7ccccc7c6c54)cc2)sc2ccccc23)cc1. The van der Waals surface area contributed by atoms with Crippen LogP contribution in [0.2, 0.25) is 0 Å². The minimum absolute atomic E-state index is 0.886. The Hall–Kier alpha value is -5.78. The lowest BCUT2D eigenvalue weighted by atomic mass is 10.0. The van der Waals surface area contributed by atoms with Crippen molar-refractivity contribution < 1.29 is 4.42 Å². The van der Waals surface area contributed by atoms with Gasteiger partial charge in [-0.15, -0.1) is 11.3 Å². The largest absolute Gasteiger partial charge is 0.456 e. The lowest BCUT2D eigenvalue weighted by Crippen LogP contribution is -1.96. The number of nitrogens with zero attached hydrogens (tertiary/aromatic N) is 3. The summed E-state index contributed by atoms with van der Waals surface area (Å²) in [6.07, 6.45) is 0. The van der Waals surface area contributed by atoms with Crippen LogP contribution in [0, 0.1) is 0 Å². The van der Waals surface area contributed by atoms with E-state index in [0.717, 1.165) is 76.9 Å². The molecular weight excluding hydrogens is 571 g/mol. The van der Waals surface area contributed by atoms with E-state index < -0.39 is 0 Å². The van der Waals surface area contributed by atoms with Crippen molar-refractivity contribution in [2.75, 3.05) is 0 Å². The molecule has 0 saturated heterocycles. The number of aromatic nitrogens is 3. The molecule has 4 nitrogen and oxygen atoms in total. The van der Waals surface area contributed by atoms with E-state index in [1.165, 1.54) is 15.5 Å². The summed E-state index contributed by atoms with van der Waals surface area (Å²) in [6.45, 7) is 0. The molecule has 0 spiro atoms. The van der Waals surface area contributed by atoms with Crippen LogP contribution < -0.4 is 0 Å². The van der Waals surface area contributed by atoms with Crippen LogP contribution in [-0.2, 0) is 0 Å². The van der Waals surface area contributed by atoms with Crippen molar-refractivity contribution in [3.8, 4) is 28.2 Å². The molecule has 0 aliphatic rings. The Bertz CT molecular complexity index is 2750. The first-order valence-electron chi connectivity index (χ1n) is 15.0. The molecule has 0 atom stereocenters. The van der Waals surface area contributed by atoms with Crippen molar-refractivity contribution in [2.24, 2.45) is 0 Å². The zero-order valence-corrected chi connectivity index (χ0v) is 24.8. The molecule has 5 heteroatoms. The number of hydrogen-bond acceptors (Lipinski definition) is 4. The van der Waals surface area contributed by atoms with Crippen molar-refractivity contribution in [3.63, 3.8) is 0 Å². The van der Waals surface area contributed by atoms with Gasteiger partial charge in [-0.25, -0.2) is 9.97 Å². The van der Waals surface area contributed by atoms with Gasteiger partial charge < -0.3 is 8.98 Å². The molecule has 45 heavy (non-hydrogen) atoms. The van der Waals surface area contributed by atoms with Gasteiger partial charge in [-0.2, -0.15) is 0 Å². The molecular formula is C40H23N3OS. The number of para-hydroxylation sites is 2. The van der Waals surface area contributed by atoms with E-state index >= 15 is 0 Å². The number of rotatable bonds is 3. The third-order valence-electron chi connectivity index (χ3n) is 8.83. The molecule has 0 fully saturated rings. The van der Waals surface area contributed by atoms with E-state index in [2.05, 4.69) is 126 Å². The monoisotopic (exact) mass is 593 g/mol. The van der Waals surface area contributed by atoms with E-state index in [1.54, 1.807) is 11.3 Å². The van der Waals surface area contributed by atoms with Crippen LogP contribution in [-0.4, -0.2) is 14.5 Å². The fourth-order valence-electron chi connectivity index (χ4n) is 6.82. The maximum Gasteiger partial charge on any atom is 0.143 e. The third-order valence-corrected chi connectivity index (χ3v) is 9.89. The normalized spacial score (nSPS) is 12.0. The van der Waals surface area contributed by atoms with Gasteiger partial charge in [-0.1, -0.05) is 97.1 Å². The zero-order valence-electron chi connectivity index (χ0n) is 23.9. The predicted molar refractivity (Wildman–Crippen MR) is 187 cm³/mol. The van der Waals surface area contributed by atoms with E-state index in [1.807, 2.05) is 18.2 Å². The molecule has 0 aliphatic heterocycles. The molecule has 0 N–H and O–H groups in total. The highest BCUT2D eigenvalue weighted by atomic mass is 32.1. The van der Waals surface area contributed by atoms with Gasteiger partial charge in [0.05, 0.1) is 27.8 Å². The predicted octanol–water partition coefficient (Wildman–Crippen LogP) is 11.2. The standard InChI is InChI=1S/C40H23N3OS/c1-2-10-24(11-3-1)36-37(42-40-38(41-36)30-14-6-9-17-34(30)45-40)25-18-20-26(21-19-25)43-31-15-7-4-12-27(31)28-22-23-33-35(39(28)43)29-13-5-8-16-32(29)44-33/h1-23H. The second kappa shape index (κ2) is 9.36. The molecule has 0 aliphatic carbocycles. The molecule has 0 radical (unpaired) electrons. The van der Waals surface area contributed by atoms with Crippen molar-refractivity contribution in [1.29, 1.82) is 0 Å². The van der Waals surface area contributed by atoms with Gasteiger partial charge >= 0.3 is 0 Å². The van der Waals surface area contributed by atoms with Crippen molar-refractivity contribution in [2.45, 2.75) is 0 Å². The van der Waals surface area contributed by atoms with Crippen LogP contribution in [0.1, 0.15) is 0 Å². The molecule has 0 saturated carbocycles. The van der Waals surface area contributed by atoms with E-state index in [-0.39, 0.29) is 0 Å². The molecule has 10 aromatic rings. The lowest BCUT2D eigenvalue weighted by molar-refractivity contribution is 0.669. The summed E-state index contributed by atoms with van der Waals surface area (Å²) in [5, 5.41) is 5.83. The summed E-state index contributed by atoms with van der Waals surface area (Å²) in [6, 6.07) is 48.8. The average molecular weight is 594 g/mol. The lowest BCUT2D eigenvalue weighted by Gasteiger charge is -2.12.